The van der Waals surface area contributed by atoms with Crippen LogP contribution in [0.15, 0.2) is 18.2 Å². The lowest BCUT2D eigenvalue weighted by molar-refractivity contribution is -0.383. The third kappa shape index (κ3) is 2.63. The zero-order valence-electron chi connectivity index (χ0n) is 11.4. The molecule has 0 aliphatic carbocycles. The predicted molar refractivity (Wildman–Crippen MR) is 81.4 cm³/mol. The van der Waals surface area contributed by atoms with E-state index in [2.05, 4.69) is 24.1 Å². The first-order chi connectivity index (χ1) is 9.06. The van der Waals surface area contributed by atoms with Crippen LogP contribution in [0.2, 0.25) is 0 Å². The van der Waals surface area contributed by atoms with Gasteiger partial charge in [0.15, 0.2) is 0 Å². The summed E-state index contributed by atoms with van der Waals surface area (Å²) in [7, 11) is 1.71. The summed E-state index contributed by atoms with van der Waals surface area (Å²) in [6.07, 6.45) is 0. The maximum Gasteiger partial charge on any atom is 0.315 e. The van der Waals surface area contributed by atoms with Crippen LogP contribution < -0.4 is 10.2 Å². The lowest BCUT2D eigenvalue weighted by Crippen LogP contribution is -2.45. The van der Waals surface area contributed by atoms with Gasteiger partial charge in [0.2, 0.25) is 0 Å². The zero-order valence-corrected chi connectivity index (χ0v) is 12.2. The van der Waals surface area contributed by atoms with Gasteiger partial charge >= 0.3 is 5.69 Å². The Bertz CT molecular complexity index is 481. The van der Waals surface area contributed by atoms with E-state index in [4.69, 9.17) is 0 Å². The van der Waals surface area contributed by atoms with Crippen molar-refractivity contribution in [1.82, 2.24) is 0 Å². The first-order valence-corrected chi connectivity index (χ1v) is 7.44. The second-order valence-electron chi connectivity index (χ2n) is 4.69. The molecule has 0 amide bonds. The van der Waals surface area contributed by atoms with E-state index >= 15 is 0 Å². The number of rotatable bonds is 3. The third-order valence-corrected chi connectivity index (χ3v) is 5.00. The zero-order chi connectivity index (χ0) is 14.0. The quantitative estimate of drug-likeness (QED) is 0.682. The molecule has 104 valence electrons. The molecule has 1 fully saturated rings. The van der Waals surface area contributed by atoms with Gasteiger partial charge in [-0.2, -0.15) is 11.8 Å². The lowest BCUT2D eigenvalue weighted by Gasteiger charge is -2.38. The summed E-state index contributed by atoms with van der Waals surface area (Å²) >= 11 is 1.92. The SMILES string of the molecule is CNc1cccc(N2CCSC(C)C2C)c1[N+](=O)[O-]. The van der Waals surface area contributed by atoms with Gasteiger partial charge in [-0.1, -0.05) is 13.0 Å². The molecule has 0 spiro atoms. The van der Waals surface area contributed by atoms with E-state index in [0.29, 0.717) is 17.0 Å². The average molecular weight is 281 g/mol. The summed E-state index contributed by atoms with van der Waals surface area (Å²) in [5.74, 6) is 1.01. The lowest BCUT2D eigenvalue weighted by atomic mass is 10.1. The van der Waals surface area contributed by atoms with E-state index in [0.717, 1.165) is 18.0 Å². The summed E-state index contributed by atoms with van der Waals surface area (Å²) < 4.78 is 0. The number of hydrogen-bond donors (Lipinski definition) is 1. The van der Waals surface area contributed by atoms with E-state index in [1.165, 1.54) is 0 Å². The molecule has 2 unspecified atom stereocenters. The number of para-hydroxylation sites is 1. The van der Waals surface area contributed by atoms with Crippen LogP contribution in [0.1, 0.15) is 13.8 Å². The van der Waals surface area contributed by atoms with Crippen molar-refractivity contribution >= 4 is 28.8 Å². The first-order valence-electron chi connectivity index (χ1n) is 6.39. The topological polar surface area (TPSA) is 58.4 Å². The largest absolute Gasteiger partial charge is 0.382 e. The van der Waals surface area contributed by atoms with Gasteiger partial charge in [0, 0.05) is 30.6 Å². The Balaban J connectivity index is 2.46. The van der Waals surface area contributed by atoms with Crippen molar-refractivity contribution in [3.63, 3.8) is 0 Å². The van der Waals surface area contributed by atoms with Crippen molar-refractivity contribution < 1.29 is 4.92 Å². The van der Waals surface area contributed by atoms with Crippen molar-refractivity contribution in [3.05, 3.63) is 28.3 Å². The fourth-order valence-corrected chi connectivity index (χ4v) is 3.53. The molecule has 1 aliphatic heterocycles. The Morgan fingerprint density at radius 3 is 2.84 bits per heavy atom. The summed E-state index contributed by atoms with van der Waals surface area (Å²) in [5.41, 5.74) is 1.47. The standard InChI is InChI=1S/C13H19N3O2S/c1-9-10(2)19-8-7-15(9)12-6-4-5-11(14-3)13(12)16(17)18/h4-6,9-10,14H,7-8H2,1-3H3. The molecular weight excluding hydrogens is 262 g/mol. The van der Waals surface area contributed by atoms with Crippen LogP contribution in [0.3, 0.4) is 0 Å². The molecule has 0 bridgehead atoms. The first kappa shape index (κ1) is 14.0. The maximum absolute atomic E-state index is 11.4. The van der Waals surface area contributed by atoms with Crippen molar-refractivity contribution in [2.75, 3.05) is 29.6 Å². The summed E-state index contributed by atoms with van der Waals surface area (Å²) in [6.45, 7) is 5.16. The Hall–Kier alpha value is -1.43. The van der Waals surface area contributed by atoms with E-state index < -0.39 is 0 Å². The number of nitrogens with one attached hydrogen (secondary N) is 1. The molecule has 0 radical (unpaired) electrons. The minimum atomic E-state index is -0.291. The van der Waals surface area contributed by atoms with Gasteiger partial charge in [0.1, 0.15) is 11.4 Å². The van der Waals surface area contributed by atoms with E-state index in [9.17, 15) is 10.1 Å². The van der Waals surface area contributed by atoms with Gasteiger partial charge in [0.05, 0.1) is 4.92 Å². The Morgan fingerprint density at radius 2 is 2.21 bits per heavy atom. The third-order valence-electron chi connectivity index (χ3n) is 3.66. The number of nitro groups is 1. The minimum absolute atomic E-state index is 0.177. The van der Waals surface area contributed by atoms with Crippen LogP contribution >= 0.6 is 11.8 Å². The molecule has 5 nitrogen and oxygen atoms in total. The van der Waals surface area contributed by atoms with Crippen molar-refractivity contribution in [2.24, 2.45) is 0 Å². The molecule has 2 rings (SSSR count). The van der Waals surface area contributed by atoms with Crippen LogP contribution in [0, 0.1) is 10.1 Å². The molecule has 1 saturated heterocycles. The monoisotopic (exact) mass is 281 g/mol. The highest BCUT2D eigenvalue weighted by molar-refractivity contribution is 8.00. The van der Waals surface area contributed by atoms with Crippen LogP contribution in [0.25, 0.3) is 0 Å². The molecule has 1 aliphatic rings. The summed E-state index contributed by atoms with van der Waals surface area (Å²) in [6, 6.07) is 5.75. The van der Waals surface area contributed by atoms with E-state index in [1.807, 2.05) is 23.9 Å². The normalized spacial score (nSPS) is 23.2. The number of thioether (sulfide) groups is 1. The highest BCUT2D eigenvalue weighted by Crippen LogP contribution is 2.39. The summed E-state index contributed by atoms with van der Waals surface area (Å²) in [4.78, 5) is 13.2. The van der Waals surface area contributed by atoms with Gasteiger partial charge < -0.3 is 10.2 Å². The molecule has 1 heterocycles. The average Bonchev–Trinajstić information content (AvgIpc) is 2.40. The van der Waals surface area contributed by atoms with Gasteiger partial charge in [-0.05, 0) is 19.1 Å². The highest BCUT2D eigenvalue weighted by Gasteiger charge is 2.31. The van der Waals surface area contributed by atoms with Crippen LogP contribution in [0.4, 0.5) is 17.1 Å². The van der Waals surface area contributed by atoms with E-state index in [1.54, 1.807) is 13.1 Å². The van der Waals surface area contributed by atoms with Crippen LogP contribution in [0.5, 0.6) is 0 Å². The molecule has 1 N–H and O–H groups in total. The van der Waals surface area contributed by atoms with Gasteiger partial charge in [-0.3, -0.25) is 10.1 Å². The van der Waals surface area contributed by atoms with Crippen LogP contribution in [-0.2, 0) is 0 Å². The smallest absolute Gasteiger partial charge is 0.315 e. The second-order valence-corrected chi connectivity index (χ2v) is 6.18. The van der Waals surface area contributed by atoms with Crippen molar-refractivity contribution in [2.45, 2.75) is 25.1 Å². The molecule has 1 aromatic carbocycles. The molecule has 0 aromatic heterocycles. The molecule has 0 saturated carbocycles. The molecular formula is C13H19N3O2S. The molecule has 1 aromatic rings. The number of nitro benzene ring substituents is 1. The fourth-order valence-electron chi connectivity index (χ4n) is 2.43. The van der Waals surface area contributed by atoms with E-state index in [-0.39, 0.29) is 10.6 Å². The second kappa shape index (κ2) is 5.69. The van der Waals surface area contributed by atoms with Crippen molar-refractivity contribution in [1.29, 1.82) is 0 Å². The number of hydrogen-bond acceptors (Lipinski definition) is 5. The maximum atomic E-state index is 11.4. The number of anilines is 2. The minimum Gasteiger partial charge on any atom is -0.382 e. The summed E-state index contributed by atoms with van der Waals surface area (Å²) in [5, 5.41) is 14.8. The molecule has 19 heavy (non-hydrogen) atoms. The Kier molecular flexibility index (Phi) is 4.19. The van der Waals surface area contributed by atoms with Gasteiger partial charge in [0.25, 0.3) is 0 Å². The predicted octanol–water partition coefficient (Wildman–Crippen LogP) is 2.97. The Morgan fingerprint density at radius 1 is 1.47 bits per heavy atom. The van der Waals surface area contributed by atoms with Gasteiger partial charge in [-0.25, -0.2) is 0 Å². The van der Waals surface area contributed by atoms with Crippen LogP contribution in [-0.4, -0.2) is 35.6 Å². The fraction of sp³-hybridized carbons (Fsp3) is 0.538. The van der Waals surface area contributed by atoms with Crippen molar-refractivity contribution in [3.8, 4) is 0 Å². The molecule has 2 atom stereocenters. The Labute approximate surface area is 117 Å². The number of nitrogens with zero attached hydrogens (tertiary/aromatic N) is 2. The molecule has 6 heteroatoms. The number of benzene rings is 1. The van der Waals surface area contributed by atoms with Gasteiger partial charge in [-0.15, -0.1) is 0 Å². The highest BCUT2D eigenvalue weighted by atomic mass is 32.2.